The van der Waals surface area contributed by atoms with Crippen molar-refractivity contribution >= 4 is 11.9 Å². The second-order valence-corrected chi connectivity index (χ2v) is 2.56. The van der Waals surface area contributed by atoms with Crippen molar-refractivity contribution in [1.29, 1.82) is 0 Å². The molecule has 0 N–H and O–H groups in total. The van der Waals surface area contributed by atoms with Gasteiger partial charge in [0.15, 0.2) is 0 Å². The van der Waals surface area contributed by atoms with Gasteiger partial charge in [0.2, 0.25) is 0 Å². The van der Waals surface area contributed by atoms with E-state index in [1.54, 1.807) is 13.2 Å². The number of aldehydes is 1. The Kier molecular flexibility index (Phi) is 3.26. The van der Waals surface area contributed by atoms with E-state index in [1.165, 1.54) is 0 Å². The molecule has 2 nitrogen and oxygen atoms in total. The minimum atomic E-state index is 0.650. The van der Waals surface area contributed by atoms with Crippen molar-refractivity contribution in [1.82, 2.24) is 0 Å². The minimum Gasteiger partial charge on any atom is -0.496 e. The molecule has 1 aromatic rings. The predicted molar refractivity (Wildman–Crippen MR) is 52.7 cm³/mol. The average Bonchev–Trinajstić information content (AvgIpc) is 2.20. The number of rotatable bonds is 3. The molecule has 0 bridgehead atoms. The quantitative estimate of drug-likeness (QED) is 0.521. The first kappa shape index (κ1) is 9.52. The molecular weight excluding hydrogens is 164 g/mol. The smallest absolute Gasteiger partial charge is 0.150 e. The first-order valence-electron chi connectivity index (χ1n) is 4.08. The van der Waals surface area contributed by atoms with Crippen molar-refractivity contribution in [2.24, 2.45) is 0 Å². The average molecular weight is 176 g/mol. The molecule has 13 heavy (non-hydrogen) atoms. The number of hydrogen-bond donors (Lipinski definition) is 0. The molecule has 0 heterocycles. The molecule has 0 saturated heterocycles. The molecule has 1 rings (SSSR count). The number of allylic oxidation sites excluding steroid dienone is 2. The van der Waals surface area contributed by atoms with Crippen molar-refractivity contribution in [2.45, 2.75) is 6.92 Å². The van der Waals surface area contributed by atoms with E-state index < -0.39 is 0 Å². The molecule has 0 aliphatic carbocycles. The Balaban J connectivity index is 3.19. The number of hydrogen-bond acceptors (Lipinski definition) is 2. The third kappa shape index (κ3) is 1.96. The van der Waals surface area contributed by atoms with Gasteiger partial charge in [0.25, 0.3) is 0 Å². The summed E-state index contributed by atoms with van der Waals surface area (Å²) in [6.45, 7) is 1.83. The van der Waals surface area contributed by atoms with Crippen LogP contribution in [0.25, 0.3) is 5.57 Å². The van der Waals surface area contributed by atoms with E-state index in [0.717, 1.165) is 17.6 Å². The zero-order chi connectivity index (χ0) is 9.68. The Morgan fingerprint density at radius 3 is 2.62 bits per heavy atom. The summed E-state index contributed by atoms with van der Waals surface area (Å²) in [5, 5.41) is 0. The van der Waals surface area contributed by atoms with Crippen LogP contribution in [0.3, 0.4) is 0 Å². The monoisotopic (exact) mass is 176 g/mol. The first-order chi connectivity index (χ1) is 6.33. The van der Waals surface area contributed by atoms with E-state index in [0.29, 0.717) is 5.57 Å². The molecule has 0 aliphatic rings. The second kappa shape index (κ2) is 4.45. The molecule has 0 atom stereocenters. The molecule has 0 amide bonds. The maximum atomic E-state index is 10.7. The number of carbonyl (C=O) groups excluding carboxylic acids is 1. The van der Waals surface area contributed by atoms with Gasteiger partial charge >= 0.3 is 0 Å². The number of methoxy groups -OCH3 is 1. The maximum Gasteiger partial charge on any atom is 0.150 e. The fourth-order valence-electron chi connectivity index (χ4n) is 1.17. The third-order valence-electron chi connectivity index (χ3n) is 1.86. The van der Waals surface area contributed by atoms with E-state index in [2.05, 4.69) is 0 Å². The Morgan fingerprint density at radius 2 is 2.08 bits per heavy atom. The molecule has 2 heteroatoms. The van der Waals surface area contributed by atoms with Crippen LogP contribution >= 0.6 is 0 Å². The normalized spacial score (nSPS) is 11.1. The summed E-state index contributed by atoms with van der Waals surface area (Å²) in [4.78, 5) is 10.7. The van der Waals surface area contributed by atoms with Crippen LogP contribution in [0.1, 0.15) is 12.5 Å². The minimum absolute atomic E-state index is 0.650. The Bertz CT molecular complexity index is 327. The summed E-state index contributed by atoms with van der Waals surface area (Å²) < 4.78 is 5.13. The van der Waals surface area contributed by atoms with E-state index in [-0.39, 0.29) is 0 Å². The van der Waals surface area contributed by atoms with Gasteiger partial charge in [-0.2, -0.15) is 0 Å². The Morgan fingerprint density at radius 1 is 1.38 bits per heavy atom. The van der Waals surface area contributed by atoms with Crippen molar-refractivity contribution in [3.05, 3.63) is 35.9 Å². The van der Waals surface area contributed by atoms with Crippen molar-refractivity contribution < 1.29 is 9.53 Å². The zero-order valence-electron chi connectivity index (χ0n) is 7.78. The van der Waals surface area contributed by atoms with Crippen molar-refractivity contribution in [3.8, 4) is 5.75 Å². The predicted octanol–water partition coefficient (Wildman–Crippen LogP) is 2.30. The summed E-state index contributed by atoms with van der Waals surface area (Å²) in [5.74, 6) is 0.725. The molecule has 0 radical (unpaired) electrons. The van der Waals surface area contributed by atoms with Crippen LogP contribution in [-0.4, -0.2) is 13.4 Å². The lowest BCUT2D eigenvalue weighted by Crippen LogP contribution is -1.91. The first-order valence-corrected chi connectivity index (χ1v) is 4.08. The number of carbonyl (C=O) groups is 1. The maximum absolute atomic E-state index is 10.7. The van der Waals surface area contributed by atoms with Gasteiger partial charge in [0, 0.05) is 11.1 Å². The lowest BCUT2D eigenvalue weighted by Gasteiger charge is -2.06. The van der Waals surface area contributed by atoms with Crippen LogP contribution in [0.2, 0.25) is 0 Å². The second-order valence-electron chi connectivity index (χ2n) is 2.56. The van der Waals surface area contributed by atoms with Gasteiger partial charge in [-0.05, 0) is 13.0 Å². The van der Waals surface area contributed by atoms with Gasteiger partial charge in [-0.3, -0.25) is 4.79 Å². The van der Waals surface area contributed by atoms with E-state index in [9.17, 15) is 4.79 Å². The number of para-hydroxylation sites is 1. The largest absolute Gasteiger partial charge is 0.496 e. The summed E-state index contributed by atoms with van der Waals surface area (Å²) >= 11 is 0. The lowest BCUT2D eigenvalue weighted by atomic mass is 10.1. The molecule has 1 aromatic carbocycles. The molecule has 0 spiro atoms. The van der Waals surface area contributed by atoms with Crippen LogP contribution in [0.5, 0.6) is 5.75 Å². The molecule has 0 unspecified atom stereocenters. The van der Waals surface area contributed by atoms with Gasteiger partial charge in [-0.1, -0.05) is 24.3 Å². The van der Waals surface area contributed by atoms with Crippen molar-refractivity contribution in [3.63, 3.8) is 0 Å². The summed E-state index contributed by atoms with van der Waals surface area (Å²) in [5.41, 5.74) is 1.49. The number of ether oxygens (including phenoxy) is 1. The Hall–Kier alpha value is -1.57. The van der Waals surface area contributed by atoms with Gasteiger partial charge in [0.1, 0.15) is 12.0 Å². The molecule has 0 fully saturated rings. The SMILES string of the molecule is C/C=C(/C=O)c1ccccc1OC. The van der Waals surface area contributed by atoms with E-state index >= 15 is 0 Å². The highest BCUT2D eigenvalue weighted by molar-refractivity contribution is 6.07. The summed E-state index contributed by atoms with van der Waals surface area (Å²) in [6.07, 6.45) is 2.60. The summed E-state index contributed by atoms with van der Waals surface area (Å²) in [7, 11) is 1.59. The highest BCUT2D eigenvalue weighted by Gasteiger charge is 2.04. The van der Waals surface area contributed by atoms with E-state index in [1.807, 2.05) is 31.2 Å². The molecular formula is C11H12O2. The van der Waals surface area contributed by atoms with Gasteiger partial charge in [-0.15, -0.1) is 0 Å². The van der Waals surface area contributed by atoms with Crippen LogP contribution in [0.4, 0.5) is 0 Å². The van der Waals surface area contributed by atoms with Crippen LogP contribution < -0.4 is 4.74 Å². The van der Waals surface area contributed by atoms with Gasteiger partial charge in [-0.25, -0.2) is 0 Å². The molecule has 0 aromatic heterocycles. The molecule has 68 valence electrons. The molecule has 0 aliphatic heterocycles. The third-order valence-corrected chi connectivity index (χ3v) is 1.86. The standard InChI is InChI=1S/C11H12O2/c1-3-9(8-12)10-6-4-5-7-11(10)13-2/h3-8H,1-2H3/b9-3-. The lowest BCUT2D eigenvalue weighted by molar-refractivity contribution is -0.103. The highest BCUT2D eigenvalue weighted by atomic mass is 16.5. The molecule has 0 saturated carbocycles. The van der Waals surface area contributed by atoms with Crippen LogP contribution in [0.15, 0.2) is 30.3 Å². The Labute approximate surface area is 77.8 Å². The fraction of sp³-hybridized carbons (Fsp3) is 0.182. The van der Waals surface area contributed by atoms with Crippen molar-refractivity contribution in [2.75, 3.05) is 7.11 Å². The van der Waals surface area contributed by atoms with Gasteiger partial charge in [0.05, 0.1) is 7.11 Å². The van der Waals surface area contributed by atoms with E-state index in [4.69, 9.17) is 4.74 Å². The highest BCUT2D eigenvalue weighted by Crippen LogP contribution is 2.23. The zero-order valence-corrected chi connectivity index (χ0v) is 7.78. The van der Waals surface area contributed by atoms with Gasteiger partial charge < -0.3 is 4.74 Å². The topological polar surface area (TPSA) is 26.3 Å². The van der Waals surface area contributed by atoms with Crippen LogP contribution in [-0.2, 0) is 4.79 Å². The summed E-state index contributed by atoms with van der Waals surface area (Å²) in [6, 6.07) is 7.45. The fourth-order valence-corrected chi connectivity index (χ4v) is 1.17. The van der Waals surface area contributed by atoms with Crippen LogP contribution in [0, 0.1) is 0 Å². The number of benzene rings is 1.